The van der Waals surface area contributed by atoms with Gasteiger partial charge in [-0.05, 0) is 85.2 Å². The molecular weight excluding hydrogens is 412 g/mol. The zero-order valence-corrected chi connectivity index (χ0v) is 20.4. The van der Waals surface area contributed by atoms with Crippen LogP contribution in [0.2, 0.25) is 0 Å². The van der Waals surface area contributed by atoms with Gasteiger partial charge in [-0.25, -0.2) is 3.63 Å². The maximum Gasteiger partial charge on any atom is 0.274 e. The van der Waals surface area contributed by atoms with Crippen molar-refractivity contribution in [2.24, 2.45) is 0 Å². The Kier molecular flexibility index (Phi) is 6.19. The molecule has 0 aromatic heterocycles. The third-order valence-corrected chi connectivity index (χ3v) is 10.8. The predicted molar refractivity (Wildman–Crippen MR) is 126 cm³/mol. The lowest BCUT2D eigenvalue weighted by atomic mass is 10.1. The van der Waals surface area contributed by atoms with E-state index in [1.807, 2.05) is 96.1 Å². The summed E-state index contributed by atoms with van der Waals surface area (Å²) in [6, 6.07) is 18.3. The average Bonchev–Trinajstić information content (AvgIpc) is 2.59. The summed E-state index contributed by atoms with van der Waals surface area (Å²) in [6.45, 7) is 12.2. The maximum atomic E-state index is 12.8. The molecule has 0 saturated carbocycles. The van der Waals surface area contributed by atoms with Crippen molar-refractivity contribution in [3.05, 3.63) is 88.0 Å². The summed E-state index contributed by atoms with van der Waals surface area (Å²) >= 11 is 0. The van der Waals surface area contributed by atoms with Crippen molar-refractivity contribution in [3.8, 4) is 0 Å². The molecule has 0 spiro atoms. The Morgan fingerprint density at radius 3 is 0.967 bits per heavy atom. The Bertz CT molecular complexity index is 1030. The number of hydrogen-bond acceptors (Lipinski definition) is 3. The zero-order valence-electron chi connectivity index (χ0n) is 18.7. The van der Waals surface area contributed by atoms with Gasteiger partial charge >= 0.3 is 0 Å². The standard InChI is InChI=1S/C25H30O3S2/c1-17-11-8-12-18(2)23(17)30(28-29(7,26)27,24-19(3)13-9-14-20(24)4)25-21(5)15-10-16-22(25)6/h8-16H,1-7H3. The Hall–Kier alpha value is -2.08. The van der Waals surface area contributed by atoms with E-state index in [2.05, 4.69) is 0 Å². The first-order chi connectivity index (χ1) is 14.0. The van der Waals surface area contributed by atoms with Crippen molar-refractivity contribution in [1.82, 2.24) is 0 Å². The molecule has 0 aliphatic heterocycles. The third kappa shape index (κ3) is 3.94. The van der Waals surface area contributed by atoms with Crippen LogP contribution in [0.1, 0.15) is 33.4 Å². The van der Waals surface area contributed by atoms with Crippen molar-refractivity contribution >= 4 is 20.4 Å². The number of aryl methyl sites for hydroxylation is 6. The Morgan fingerprint density at radius 1 is 0.533 bits per heavy atom. The van der Waals surface area contributed by atoms with E-state index in [9.17, 15) is 8.42 Å². The van der Waals surface area contributed by atoms with Crippen LogP contribution in [-0.2, 0) is 13.7 Å². The molecular formula is C25H30O3S2. The molecule has 0 fully saturated rings. The first-order valence-electron chi connectivity index (χ1n) is 9.92. The van der Waals surface area contributed by atoms with Crippen LogP contribution in [0.15, 0.2) is 69.3 Å². The molecule has 0 aliphatic rings. The number of rotatable bonds is 5. The summed E-state index contributed by atoms with van der Waals surface area (Å²) in [5.41, 5.74) is 6.16. The average molecular weight is 443 g/mol. The van der Waals surface area contributed by atoms with Crippen molar-refractivity contribution in [1.29, 1.82) is 0 Å². The molecule has 160 valence electrons. The Morgan fingerprint density at radius 2 is 0.767 bits per heavy atom. The van der Waals surface area contributed by atoms with Crippen LogP contribution in [0, 0.1) is 41.5 Å². The van der Waals surface area contributed by atoms with E-state index in [4.69, 9.17) is 3.63 Å². The SMILES string of the molecule is Cc1cccc(C)c1S(OS(C)(=O)=O)(c1c(C)cccc1C)c1c(C)cccc1C. The van der Waals surface area contributed by atoms with Gasteiger partial charge in [-0.15, -0.1) is 0 Å². The van der Waals surface area contributed by atoms with Gasteiger partial charge in [-0.2, -0.15) is 8.42 Å². The van der Waals surface area contributed by atoms with Crippen molar-refractivity contribution < 1.29 is 12.0 Å². The second-order valence-corrected chi connectivity index (χ2v) is 12.3. The van der Waals surface area contributed by atoms with Crippen LogP contribution in [0.5, 0.6) is 0 Å². The van der Waals surface area contributed by atoms with Gasteiger partial charge in [0.2, 0.25) is 0 Å². The molecule has 0 radical (unpaired) electrons. The van der Waals surface area contributed by atoms with E-state index in [0.29, 0.717) is 0 Å². The number of hydrogen-bond donors (Lipinski definition) is 0. The predicted octanol–water partition coefficient (Wildman–Crippen LogP) is 6.71. The van der Waals surface area contributed by atoms with Gasteiger partial charge in [0.05, 0.1) is 6.26 Å². The van der Waals surface area contributed by atoms with Crippen LogP contribution in [0.4, 0.5) is 0 Å². The largest absolute Gasteiger partial charge is 0.274 e. The van der Waals surface area contributed by atoms with Crippen molar-refractivity contribution in [2.75, 3.05) is 6.26 Å². The van der Waals surface area contributed by atoms with E-state index in [1.54, 1.807) is 0 Å². The Labute approximate surface area is 182 Å². The van der Waals surface area contributed by atoms with Crippen molar-refractivity contribution in [2.45, 2.75) is 56.2 Å². The van der Waals surface area contributed by atoms with Crippen molar-refractivity contribution in [3.63, 3.8) is 0 Å². The first kappa shape index (κ1) is 22.6. The fraction of sp³-hybridized carbons (Fsp3) is 0.280. The molecule has 30 heavy (non-hydrogen) atoms. The normalized spacial score (nSPS) is 12.8. The van der Waals surface area contributed by atoms with Crippen LogP contribution in [0.25, 0.3) is 0 Å². The van der Waals surface area contributed by atoms with Crippen LogP contribution >= 0.6 is 10.3 Å². The fourth-order valence-corrected chi connectivity index (χ4v) is 10.4. The van der Waals surface area contributed by atoms with Gasteiger partial charge in [0.1, 0.15) is 0 Å². The fourth-order valence-electron chi connectivity index (χ4n) is 4.35. The molecule has 0 saturated heterocycles. The minimum atomic E-state index is -3.79. The molecule has 3 aromatic rings. The first-order valence-corrected chi connectivity index (χ1v) is 13.3. The smallest absolute Gasteiger partial charge is 0.207 e. The highest BCUT2D eigenvalue weighted by Gasteiger charge is 2.42. The highest BCUT2D eigenvalue weighted by Crippen LogP contribution is 2.74. The van der Waals surface area contributed by atoms with Crippen LogP contribution in [-0.4, -0.2) is 14.7 Å². The topological polar surface area (TPSA) is 43.4 Å². The van der Waals surface area contributed by atoms with Crippen LogP contribution < -0.4 is 0 Å². The monoisotopic (exact) mass is 442 g/mol. The van der Waals surface area contributed by atoms with Gasteiger partial charge in [0.25, 0.3) is 10.1 Å². The van der Waals surface area contributed by atoms with Gasteiger partial charge in [0, 0.05) is 14.7 Å². The molecule has 0 aliphatic carbocycles. The molecule has 0 bridgehead atoms. The molecule has 0 heterocycles. The molecule has 0 N–H and O–H groups in total. The van der Waals surface area contributed by atoms with Gasteiger partial charge in [-0.1, -0.05) is 54.6 Å². The highest BCUT2D eigenvalue weighted by molar-refractivity contribution is 8.33. The van der Waals surface area contributed by atoms with E-state index in [0.717, 1.165) is 54.3 Å². The van der Waals surface area contributed by atoms with Gasteiger partial charge in [-0.3, -0.25) is 0 Å². The molecule has 3 nitrogen and oxygen atoms in total. The lowest BCUT2D eigenvalue weighted by molar-refractivity contribution is 0.514. The van der Waals surface area contributed by atoms with E-state index in [-0.39, 0.29) is 0 Å². The zero-order chi connectivity index (χ0) is 22.3. The lowest BCUT2D eigenvalue weighted by Crippen LogP contribution is -2.18. The van der Waals surface area contributed by atoms with Crippen LogP contribution in [0.3, 0.4) is 0 Å². The molecule has 3 aromatic carbocycles. The van der Waals surface area contributed by atoms with E-state index >= 15 is 0 Å². The second-order valence-electron chi connectivity index (χ2n) is 7.99. The second kappa shape index (κ2) is 8.22. The minimum Gasteiger partial charge on any atom is -0.207 e. The highest BCUT2D eigenvalue weighted by atomic mass is 32.3. The maximum absolute atomic E-state index is 12.8. The van der Waals surface area contributed by atoms with Gasteiger partial charge in [0.15, 0.2) is 0 Å². The summed E-state index contributed by atoms with van der Waals surface area (Å²) in [6.07, 6.45) is 1.16. The molecule has 0 atom stereocenters. The summed E-state index contributed by atoms with van der Waals surface area (Å²) in [7, 11) is -6.35. The molecule has 5 heteroatoms. The molecule has 0 unspecified atom stereocenters. The molecule has 3 rings (SSSR count). The Balaban J connectivity index is 2.68. The summed E-state index contributed by atoms with van der Waals surface area (Å²) < 4.78 is 32.0. The summed E-state index contributed by atoms with van der Waals surface area (Å²) in [4.78, 5) is 2.89. The third-order valence-electron chi connectivity index (χ3n) is 5.31. The van der Waals surface area contributed by atoms with E-state index < -0.39 is 20.4 Å². The molecule has 0 amide bonds. The quantitative estimate of drug-likeness (QED) is 0.441. The summed E-state index contributed by atoms with van der Waals surface area (Å²) in [5, 5.41) is 0. The summed E-state index contributed by atoms with van der Waals surface area (Å²) in [5.74, 6) is 0. The van der Waals surface area contributed by atoms with E-state index in [1.165, 1.54) is 0 Å². The number of benzene rings is 3. The lowest BCUT2D eigenvalue weighted by Gasteiger charge is -2.44. The van der Waals surface area contributed by atoms with Gasteiger partial charge < -0.3 is 0 Å². The minimum absolute atomic E-state index is 0.963.